The van der Waals surface area contributed by atoms with Crippen LogP contribution in [0.25, 0.3) is 10.2 Å². The number of rotatable bonds is 4. The summed E-state index contributed by atoms with van der Waals surface area (Å²) in [7, 11) is 0. The molecule has 0 unspecified atom stereocenters. The second-order valence-electron chi connectivity index (χ2n) is 4.79. The van der Waals surface area contributed by atoms with Crippen molar-refractivity contribution < 1.29 is 0 Å². The zero-order valence-corrected chi connectivity index (χ0v) is 11.5. The summed E-state index contributed by atoms with van der Waals surface area (Å²) in [6.07, 6.45) is 2.64. The number of likely N-dealkylation sites (N-methyl/N-ethyl adjacent to an activating group) is 1. The van der Waals surface area contributed by atoms with Crippen LogP contribution >= 0.6 is 11.3 Å². The summed E-state index contributed by atoms with van der Waals surface area (Å²) in [6, 6.07) is 9.00. The molecule has 18 heavy (non-hydrogen) atoms. The number of likely N-dealkylation sites (tertiary alicyclic amines) is 1. The lowest BCUT2D eigenvalue weighted by Gasteiger charge is -2.22. The van der Waals surface area contributed by atoms with Gasteiger partial charge in [-0.3, -0.25) is 4.90 Å². The average molecular weight is 261 g/mol. The van der Waals surface area contributed by atoms with E-state index >= 15 is 0 Å². The third kappa shape index (κ3) is 2.35. The van der Waals surface area contributed by atoms with E-state index in [2.05, 4.69) is 40.3 Å². The molecule has 1 atom stereocenters. The Hall–Kier alpha value is -1.13. The van der Waals surface area contributed by atoms with Crippen LogP contribution in [0.15, 0.2) is 24.3 Å². The van der Waals surface area contributed by atoms with Gasteiger partial charge in [0, 0.05) is 12.6 Å². The van der Waals surface area contributed by atoms with Crippen molar-refractivity contribution in [3.63, 3.8) is 0 Å². The highest BCUT2D eigenvalue weighted by Crippen LogP contribution is 2.26. The molecule has 2 heterocycles. The van der Waals surface area contributed by atoms with E-state index in [1.54, 1.807) is 11.3 Å². The molecule has 1 aliphatic heterocycles. The summed E-state index contributed by atoms with van der Waals surface area (Å²) < 4.78 is 1.26. The smallest absolute Gasteiger partial charge is 0.183 e. The number of thiazole rings is 1. The van der Waals surface area contributed by atoms with Gasteiger partial charge in [0.05, 0.1) is 10.2 Å². The molecule has 3 nitrogen and oxygen atoms in total. The van der Waals surface area contributed by atoms with Crippen molar-refractivity contribution in [2.45, 2.75) is 25.8 Å². The van der Waals surface area contributed by atoms with E-state index in [1.165, 1.54) is 24.1 Å². The van der Waals surface area contributed by atoms with Crippen molar-refractivity contribution in [3.8, 4) is 0 Å². The summed E-state index contributed by atoms with van der Waals surface area (Å²) >= 11 is 1.75. The van der Waals surface area contributed by atoms with E-state index in [0.29, 0.717) is 6.04 Å². The largest absolute Gasteiger partial charge is 0.360 e. The second kappa shape index (κ2) is 5.24. The van der Waals surface area contributed by atoms with Crippen molar-refractivity contribution >= 4 is 26.7 Å². The van der Waals surface area contributed by atoms with Gasteiger partial charge in [0.2, 0.25) is 0 Å². The maximum atomic E-state index is 4.61. The predicted octanol–water partition coefficient (Wildman–Crippen LogP) is 3.19. The Balaban J connectivity index is 1.66. The molecular weight excluding hydrogens is 242 g/mol. The molecule has 0 amide bonds. The summed E-state index contributed by atoms with van der Waals surface area (Å²) in [4.78, 5) is 7.17. The van der Waals surface area contributed by atoms with Crippen LogP contribution in [0.2, 0.25) is 0 Å². The molecule has 2 aromatic rings. The number of para-hydroxylation sites is 1. The van der Waals surface area contributed by atoms with E-state index in [4.69, 9.17) is 0 Å². The molecule has 1 aromatic carbocycles. The van der Waals surface area contributed by atoms with Gasteiger partial charge >= 0.3 is 0 Å². The van der Waals surface area contributed by atoms with Gasteiger partial charge in [0.1, 0.15) is 0 Å². The van der Waals surface area contributed by atoms with Crippen molar-refractivity contribution in [1.29, 1.82) is 0 Å². The number of benzene rings is 1. The van der Waals surface area contributed by atoms with Crippen LogP contribution in [0, 0.1) is 0 Å². The molecule has 0 aliphatic carbocycles. The maximum Gasteiger partial charge on any atom is 0.183 e. The number of nitrogens with zero attached hydrogens (tertiary/aromatic N) is 2. The molecule has 0 saturated carbocycles. The van der Waals surface area contributed by atoms with E-state index in [0.717, 1.165) is 23.7 Å². The second-order valence-corrected chi connectivity index (χ2v) is 5.82. The van der Waals surface area contributed by atoms with Gasteiger partial charge in [-0.15, -0.1) is 0 Å². The molecule has 3 rings (SSSR count). The number of anilines is 1. The summed E-state index contributed by atoms with van der Waals surface area (Å²) in [5.74, 6) is 0. The Morgan fingerprint density at radius 2 is 2.33 bits per heavy atom. The standard InChI is InChI=1S/C14H19N3S/c1-2-17-9-5-6-11(17)10-15-14-16-12-7-3-4-8-13(12)18-14/h3-4,7-8,11H,2,5-6,9-10H2,1H3,(H,15,16)/t11-/m0/s1. The zero-order valence-electron chi connectivity index (χ0n) is 10.7. The van der Waals surface area contributed by atoms with Gasteiger partial charge in [-0.05, 0) is 38.1 Å². The van der Waals surface area contributed by atoms with Gasteiger partial charge in [-0.25, -0.2) is 4.98 Å². The lowest BCUT2D eigenvalue weighted by Crippen LogP contribution is -2.34. The van der Waals surface area contributed by atoms with Crippen LogP contribution in [-0.2, 0) is 0 Å². The first kappa shape index (κ1) is 11.9. The lowest BCUT2D eigenvalue weighted by molar-refractivity contribution is 0.277. The molecular formula is C14H19N3S. The highest BCUT2D eigenvalue weighted by atomic mass is 32.1. The van der Waals surface area contributed by atoms with Crippen LogP contribution in [0.1, 0.15) is 19.8 Å². The topological polar surface area (TPSA) is 28.2 Å². The minimum atomic E-state index is 0.682. The van der Waals surface area contributed by atoms with Crippen molar-refractivity contribution in [2.75, 3.05) is 25.0 Å². The molecule has 0 spiro atoms. The van der Waals surface area contributed by atoms with Gasteiger partial charge in [-0.2, -0.15) is 0 Å². The normalized spacial score (nSPS) is 20.6. The van der Waals surface area contributed by atoms with Gasteiger partial charge < -0.3 is 5.32 Å². The fourth-order valence-corrected chi connectivity index (χ4v) is 3.57. The Kier molecular flexibility index (Phi) is 3.48. The third-order valence-corrected chi connectivity index (χ3v) is 4.68. The summed E-state index contributed by atoms with van der Waals surface area (Å²) in [6.45, 7) is 5.68. The first-order chi connectivity index (χ1) is 8.86. The van der Waals surface area contributed by atoms with Gasteiger partial charge in [-0.1, -0.05) is 30.4 Å². The van der Waals surface area contributed by atoms with Crippen molar-refractivity contribution in [1.82, 2.24) is 9.88 Å². The first-order valence-corrected chi connectivity index (χ1v) is 7.52. The average Bonchev–Trinajstić information content (AvgIpc) is 3.01. The minimum Gasteiger partial charge on any atom is -0.360 e. The van der Waals surface area contributed by atoms with E-state index < -0.39 is 0 Å². The number of aromatic nitrogens is 1. The van der Waals surface area contributed by atoms with Crippen LogP contribution in [0.5, 0.6) is 0 Å². The van der Waals surface area contributed by atoms with Gasteiger partial charge in [0.15, 0.2) is 5.13 Å². The predicted molar refractivity (Wildman–Crippen MR) is 78.4 cm³/mol. The van der Waals surface area contributed by atoms with E-state index in [1.807, 2.05) is 6.07 Å². The van der Waals surface area contributed by atoms with Crippen LogP contribution in [0.3, 0.4) is 0 Å². The molecule has 4 heteroatoms. The molecule has 1 N–H and O–H groups in total. The Morgan fingerprint density at radius 3 is 3.17 bits per heavy atom. The van der Waals surface area contributed by atoms with Crippen molar-refractivity contribution in [2.24, 2.45) is 0 Å². The van der Waals surface area contributed by atoms with Crippen LogP contribution < -0.4 is 5.32 Å². The molecule has 0 bridgehead atoms. The number of hydrogen-bond acceptors (Lipinski definition) is 4. The van der Waals surface area contributed by atoms with Crippen LogP contribution in [0.4, 0.5) is 5.13 Å². The number of nitrogens with one attached hydrogen (secondary N) is 1. The van der Waals surface area contributed by atoms with Gasteiger partial charge in [0.25, 0.3) is 0 Å². The maximum absolute atomic E-state index is 4.61. The SMILES string of the molecule is CCN1CCC[C@H]1CNc1nc2ccccc2s1. The highest BCUT2D eigenvalue weighted by Gasteiger charge is 2.22. The molecule has 96 valence electrons. The number of hydrogen-bond donors (Lipinski definition) is 1. The quantitative estimate of drug-likeness (QED) is 0.916. The fraction of sp³-hybridized carbons (Fsp3) is 0.500. The Bertz CT molecular complexity index is 489. The molecule has 1 aliphatic rings. The molecule has 1 aromatic heterocycles. The third-order valence-electron chi connectivity index (χ3n) is 3.69. The Morgan fingerprint density at radius 1 is 1.44 bits per heavy atom. The Labute approximate surface area is 112 Å². The van der Waals surface area contributed by atoms with Crippen molar-refractivity contribution in [3.05, 3.63) is 24.3 Å². The zero-order chi connectivity index (χ0) is 12.4. The summed E-state index contributed by atoms with van der Waals surface area (Å²) in [5, 5.41) is 4.56. The van der Waals surface area contributed by atoms with E-state index in [9.17, 15) is 0 Å². The summed E-state index contributed by atoms with van der Waals surface area (Å²) in [5.41, 5.74) is 1.10. The van der Waals surface area contributed by atoms with Crippen LogP contribution in [-0.4, -0.2) is 35.6 Å². The molecule has 1 saturated heterocycles. The fourth-order valence-electron chi connectivity index (χ4n) is 2.70. The first-order valence-electron chi connectivity index (χ1n) is 6.70. The lowest BCUT2D eigenvalue weighted by atomic mass is 10.2. The monoisotopic (exact) mass is 261 g/mol. The molecule has 1 fully saturated rings. The molecule has 0 radical (unpaired) electrons. The minimum absolute atomic E-state index is 0.682. The van der Waals surface area contributed by atoms with E-state index in [-0.39, 0.29) is 0 Å². The highest BCUT2D eigenvalue weighted by molar-refractivity contribution is 7.22. The number of fused-ring (bicyclic) bond motifs is 1.